The van der Waals surface area contributed by atoms with Crippen molar-refractivity contribution in [1.29, 1.82) is 0 Å². The lowest BCUT2D eigenvalue weighted by molar-refractivity contribution is 0.152. The molecule has 0 N–H and O–H groups in total. The van der Waals surface area contributed by atoms with Gasteiger partial charge in [-0.15, -0.1) is 0 Å². The van der Waals surface area contributed by atoms with Gasteiger partial charge in [-0.05, 0) is 36.4 Å². The quantitative estimate of drug-likeness (QED) is 0.862. The number of aryl methyl sites for hydroxylation is 1. The molecule has 4 nitrogen and oxygen atoms in total. The van der Waals surface area contributed by atoms with Gasteiger partial charge in [0, 0.05) is 32.8 Å². The van der Waals surface area contributed by atoms with Gasteiger partial charge in [-0.2, -0.15) is 0 Å². The lowest BCUT2D eigenvalue weighted by atomic mass is 10.1. The summed E-state index contributed by atoms with van der Waals surface area (Å²) < 4.78 is 6.99. The first kappa shape index (κ1) is 14.3. The number of para-hydroxylation sites is 1. The fraction of sp³-hybridized carbons (Fsp3) is 0.471. The van der Waals surface area contributed by atoms with E-state index in [1.165, 1.54) is 0 Å². The van der Waals surface area contributed by atoms with E-state index < -0.39 is 0 Å². The van der Waals surface area contributed by atoms with Crippen LogP contribution in [0.4, 0.5) is 0 Å². The maximum atomic E-state index is 12.5. The summed E-state index contributed by atoms with van der Waals surface area (Å²) in [6.45, 7) is 3.61. The van der Waals surface area contributed by atoms with Crippen molar-refractivity contribution >= 4 is 10.9 Å². The van der Waals surface area contributed by atoms with E-state index in [1.54, 1.807) is 11.7 Å². The smallest absolute Gasteiger partial charge is 0.255 e. The van der Waals surface area contributed by atoms with E-state index in [1.807, 2.05) is 31.3 Å². The Morgan fingerprint density at radius 1 is 1.33 bits per heavy atom. The molecule has 3 rings (SSSR count). The predicted molar refractivity (Wildman–Crippen MR) is 84.4 cm³/mol. The number of likely N-dealkylation sites (tertiary alicyclic amines) is 1. The van der Waals surface area contributed by atoms with Crippen LogP contribution in [0, 0.1) is 5.92 Å². The van der Waals surface area contributed by atoms with Gasteiger partial charge in [0.25, 0.3) is 5.56 Å². The number of hydrogen-bond donors (Lipinski definition) is 0. The molecule has 2 heterocycles. The number of ether oxygens (including phenoxy) is 1. The molecule has 2 aromatic rings. The second-order valence-corrected chi connectivity index (χ2v) is 5.94. The second kappa shape index (κ2) is 6.00. The summed E-state index contributed by atoms with van der Waals surface area (Å²) in [4.78, 5) is 14.8. The molecule has 21 heavy (non-hydrogen) atoms. The third kappa shape index (κ3) is 2.87. The van der Waals surface area contributed by atoms with Crippen LogP contribution in [0.2, 0.25) is 0 Å². The normalized spacial score (nSPS) is 19.4. The van der Waals surface area contributed by atoms with Crippen LogP contribution in [0.5, 0.6) is 0 Å². The van der Waals surface area contributed by atoms with Gasteiger partial charge in [0.05, 0.1) is 12.1 Å². The lowest BCUT2D eigenvalue weighted by Gasteiger charge is -2.17. The van der Waals surface area contributed by atoms with Crippen molar-refractivity contribution < 1.29 is 4.74 Å². The first-order valence-electron chi connectivity index (χ1n) is 7.48. The highest BCUT2D eigenvalue weighted by molar-refractivity contribution is 5.79. The van der Waals surface area contributed by atoms with E-state index in [9.17, 15) is 4.79 Å². The van der Waals surface area contributed by atoms with Crippen molar-refractivity contribution in [1.82, 2.24) is 9.47 Å². The molecule has 4 heteroatoms. The largest absolute Gasteiger partial charge is 0.384 e. The van der Waals surface area contributed by atoms with Gasteiger partial charge in [0.2, 0.25) is 0 Å². The summed E-state index contributed by atoms with van der Waals surface area (Å²) >= 11 is 0. The van der Waals surface area contributed by atoms with E-state index in [0.717, 1.165) is 49.1 Å². The Morgan fingerprint density at radius 3 is 2.95 bits per heavy atom. The molecule has 0 aliphatic carbocycles. The van der Waals surface area contributed by atoms with Crippen molar-refractivity contribution in [2.24, 2.45) is 13.0 Å². The third-order valence-corrected chi connectivity index (χ3v) is 4.37. The van der Waals surface area contributed by atoms with E-state index in [-0.39, 0.29) is 5.56 Å². The summed E-state index contributed by atoms with van der Waals surface area (Å²) in [5.74, 6) is 0.597. The predicted octanol–water partition coefficient (Wildman–Crippen LogP) is 2.01. The molecule has 112 valence electrons. The SMILES string of the molecule is COC[C@@H]1CCN(Cc2cc3ccccc3n(C)c2=O)C1. The van der Waals surface area contributed by atoms with Gasteiger partial charge in [-0.3, -0.25) is 9.69 Å². The van der Waals surface area contributed by atoms with Crippen LogP contribution < -0.4 is 5.56 Å². The Labute approximate surface area is 124 Å². The van der Waals surface area contributed by atoms with Crippen LogP contribution in [-0.4, -0.2) is 36.3 Å². The van der Waals surface area contributed by atoms with E-state index in [0.29, 0.717) is 5.92 Å². The molecule has 0 bridgehead atoms. The van der Waals surface area contributed by atoms with Crippen LogP contribution in [0.25, 0.3) is 10.9 Å². The Bertz CT molecular complexity index is 693. The van der Waals surface area contributed by atoms with Gasteiger partial charge in [-0.25, -0.2) is 0 Å². The summed E-state index contributed by atoms with van der Waals surface area (Å²) in [6, 6.07) is 10.1. The maximum absolute atomic E-state index is 12.5. The number of hydrogen-bond acceptors (Lipinski definition) is 3. The van der Waals surface area contributed by atoms with Gasteiger partial charge >= 0.3 is 0 Å². The van der Waals surface area contributed by atoms with Gasteiger partial charge < -0.3 is 9.30 Å². The number of methoxy groups -OCH3 is 1. The Hall–Kier alpha value is -1.65. The van der Waals surface area contributed by atoms with Gasteiger partial charge in [0.1, 0.15) is 0 Å². The van der Waals surface area contributed by atoms with Crippen molar-refractivity contribution in [3.05, 3.63) is 46.2 Å². The zero-order valence-corrected chi connectivity index (χ0v) is 12.7. The molecule has 0 unspecified atom stereocenters. The molecule has 1 aromatic carbocycles. The summed E-state index contributed by atoms with van der Waals surface area (Å²) in [7, 11) is 3.60. The molecule has 0 spiro atoms. The van der Waals surface area contributed by atoms with E-state index in [2.05, 4.69) is 11.0 Å². The van der Waals surface area contributed by atoms with Crippen LogP contribution in [0.15, 0.2) is 35.1 Å². The Balaban J connectivity index is 1.85. The third-order valence-electron chi connectivity index (χ3n) is 4.37. The van der Waals surface area contributed by atoms with Crippen LogP contribution in [-0.2, 0) is 18.3 Å². The van der Waals surface area contributed by atoms with Gasteiger partial charge in [-0.1, -0.05) is 18.2 Å². The Kier molecular flexibility index (Phi) is 4.08. The average Bonchev–Trinajstić information content (AvgIpc) is 2.92. The van der Waals surface area contributed by atoms with Crippen LogP contribution in [0.1, 0.15) is 12.0 Å². The first-order valence-corrected chi connectivity index (χ1v) is 7.48. The minimum absolute atomic E-state index is 0.115. The van der Waals surface area contributed by atoms with Crippen molar-refractivity contribution in [3.63, 3.8) is 0 Å². The lowest BCUT2D eigenvalue weighted by Crippen LogP contribution is -2.28. The molecule has 0 amide bonds. The van der Waals surface area contributed by atoms with Crippen molar-refractivity contribution in [2.75, 3.05) is 26.8 Å². The van der Waals surface area contributed by atoms with Crippen molar-refractivity contribution in [3.8, 4) is 0 Å². The standard InChI is InChI=1S/C17H22N2O2/c1-18-16-6-4-3-5-14(16)9-15(17(18)20)11-19-8-7-13(10-19)12-21-2/h3-6,9,13H,7-8,10-12H2,1-2H3/t13-/m1/s1. The highest BCUT2D eigenvalue weighted by atomic mass is 16.5. The summed E-state index contributed by atoms with van der Waals surface area (Å²) in [5.41, 5.74) is 1.99. The number of benzene rings is 1. The Morgan fingerprint density at radius 2 is 2.14 bits per heavy atom. The molecule has 0 radical (unpaired) electrons. The van der Waals surface area contributed by atoms with Crippen molar-refractivity contribution in [2.45, 2.75) is 13.0 Å². The number of rotatable bonds is 4. The topological polar surface area (TPSA) is 34.5 Å². The van der Waals surface area contributed by atoms with Crippen LogP contribution in [0.3, 0.4) is 0 Å². The summed E-state index contributed by atoms with van der Waals surface area (Å²) in [6.07, 6.45) is 1.15. The second-order valence-electron chi connectivity index (χ2n) is 5.94. The van der Waals surface area contributed by atoms with E-state index in [4.69, 9.17) is 4.74 Å². The average molecular weight is 286 g/mol. The molecule has 1 saturated heterocycles. The van der Waals surface area contributed by atoms with Crippen LogP contribution >= 0.6 is 0 Å². The monoisotopic (exact) mass is 286 g/mol. The number of fused-ring (bicyclic) bond motifs is 1. The van der Waals surface area contributed by atoms with Gasteiger partial charge in [0.15, 0.2) is 0 Å². The highest BCUT2D eigenvalue weighted by Gasteiger charge is 2.23. The van der Waals surface area contributed by atoms with E-state index >= 15 is 0 Å². The molecule has 1 aromatic heterocycles. The molecule has 1 aliphatic rings. The summed E-state index contributed by atoms with van der Waals surface area (Å²) in [5, 5.41) is 1.13. The molecule has 1 atom stereocenters. The molecular weight excluding hydrogens is 264 g/mol. The molecular formula is C17H22N2O2. The number of nitrogens with zero attached hydrogens (tertiary/aromatic N) is 2. The fourth-order valence-corrected chi connectivity index (χ4v) is 3.27. The zero-order valence-electron chi connectivity index (χ0n) is 12.7. The molecule has 1 aliphatic heterocycles. The highest BCUT2D eigenvalue weighted by Crippen LogP contribution is 2.19. The minimum atomic E-state index is 0.115. The minimum Gasteiger partial charge on any atom is -0.384 e. The number of aromatic nitrogens is 1. The first-order chi connectivity index (χ1) is 10.2. The fourth-order valence-electron chi connectivity index (χ4n) is 3.27. The molecule has 1 fully saturated rings. The number of pyridine rings is 1. The molecule has 0 saturated carbocycles. The zero-order chi connectivity index (χ0) is 14.8. The maximum Gasteiger partial charge on any atom is 0.255 e.